The molecule has 1 aliphatic rings. The molecular weight excluding hydrogens is 278 g/mol. The van der Waals surface area contributed by atoms with Crippen molar-refractivity contribution in [2.45, 2.75) is 37.1 Å². The molecule has 1 aliphatic carbocycles. The molecule has 1 aromatic carbocycles. The molecule has 2 rings (SSSR count). The molecule has 0 amide bonds. The van der Waals surface area contributed by atoms with Crippen LogP contribution in [0.4, 0.5) is 0 Å². The standard InChI is InChI=1S/C14H21NO4S/c1-10-4-5-11(8-10)15-20(16,17)12-6-7-13(18-2)14(9-12)19-3/h6-7,9-11,15H,4-5,8H2,1-3H3. The summed E-state index contributed by atoms with van der Waals surface area (Å²) in [5, 5.41) is 0. The highest BCUT2D eigenvalue weighted by Crippen LogP contribution is 2.30. The minimum absolute atomic E-state index is 0.0306. The molecule has 112 valence electrons. The fraction of sp³-hybridized carbons (Fsp3) is 0.571. The highest BCUT2D eigenvalue weighted by atomic mass is 32.2. The maximum Gasteiger partial charge on any atom is 0.240 e. The van der Waals surface area contributed by atoms with Crippen molar-refractivity contribution in [2.24, 2.45) is 5.92 Å². The lowest BCUT2D eigenvalue weighted by Gasteiger charge is -2.14. The van der Waals surface area contributed by atoms with Gasteiger partial charge in [0, 0.05) is 12.1 Å². The van der Waals surface area contributed by atoms with Crippen molar-refractivity contribution < 1.29 is 17.9 Å². The summed E-state index contributed by atoms with van der Waals surface area (Å²) in [6.07, 6.45) is 2.86. The summed E-state index contributed by atoms with van der Waals surface area (Å²) in [5.41, 5.74) is 0. The van der Waals surface area contributed by atoms with Gasteiger partial charge in [-0.15, -0.1) is 0 Å². The molecule has 2 atom stereocenters. The van der Waals surface area contributed by atoms with E-state index in [-0.39, 0.29) is 10.9 Å². The van der Waals surface area contributed by atoms with E-state index in [1.807, 2.05) is 0 Å². The van der Waals surface area contributed by atoms with Crippen LogP contribution in [0, 0.1) is 5.92 Å². The van der Waals surface area contributed by atoms with Crippen LogP contribution in [-0.4, -0.2) is 28.7 Å². The highest BCUT2D eigenvalue weighted by molar-refractivity contribution is 7.89. The molecule has 5 nitrogen and oxygen atoms in total. The van der Waals surface area contributed by atoms with E-state index in [1.54, 1.807) is 6.07 Å². The number of rotatable bonds is 5. The summed E-state index contributed by atoms with van der Waals surface area (Å²) in [6, 6.07) is 4.65. The molecule has 1 fully saturated rings. The summed E-state index contributed by atoms with van der Waals surface area (Å²) >= 11 is 0. The molecule has 0 spiro atoms. The van der Waals surface area contributed by atoms with Gasteiger partial charge in [-0.1, -0.05) is 6.92 Å². The van der Waals surface area contributed by atoms with Gasteiger partial charge in [-0.05, 0) is 37.3 Å². The number of hydrogen-bond donors (Lipinski definition) is 1. The normalized spacial score (nSPS) is 22.8. The Hall–Kier alpha value is -1.27. The van der Waals surface area contributed by atoms with Crippen LogP contribution < -0.4 is 14.2 Å². The fourth-order valence-electron chi connectivity index (χ4n) is 2.59. The Bertz CT molecular complexity index is 571. The quantitative estimate of drug-likeness (QED) is 0.905. The summed E-state index contributed by atoms with van der Waals surface area (Å²) < 4.78 is 37.7. The van der Waals surface area contributed by atoms with Gasteiger partial charge < -0.3 is 9.47 Å². The molecule has 0 bridgehead atoms. The Labute approximate surface area is 120 Å². The molecule has 0 aromatic heterocycles. The van der Waals surface area contributed by atoms with Crippen LogP contribution in [0.3, 0.4) is 0 Å². The molecule has 20 heavy (non-hydrogen) atoms. The van der Waals surface area contributed by atoms with E-state index in [0.717, 1.165) is 19.3 Å². The van der Waals surface area contributed by atoms with Crippen molar-refractivity contribution in [1.82, 2.24) is 4.72 Å². The van der Waals surface area contributed by atoms with Crippen LogP contribution in [0.2, 0.25) is 0 Å². The first-order valence-corrected chi connectivity index (χ1v) is 8.19. The molecule has 0 heterocycles. The van der Waals surface area contributed by atoms with E-state index < -0.39 is 10.0 Å². The van der Waals surface area contributed by atoms with Crippen LogP contribution in [0.25, 0.3) is 0 Å². The zero-order valence-corrected chi connectivity index (χ0v) is 12.9. The van der Waals surface area contributed by atoms with E-state index in [4.69, 9.17) is 9.47 Å². The molecule has 1 saturated carbocycles. The first-order chi connectivity index (χ1) is 9.46. The summed E-state index contributed by atoms with van der Waals surface area (Å²) in [5.74, 6) is 1.50. The zero-order valence-electron chi connectivity index (χ0n) is 12.0. The molecule has 1 aromatic rings. The monoisotopic (exact) mass is 299 g/mol. The average molecular weight is 299 g/mol. The third kappa shape index (κ3) is 3.24. The van der Waals surface area contributed by atoms with Gasteiger partial charge in [-0.3, -0.25) is 0 Å². The Kier molecular flexibility index (Phi) is 4.55. The van der Waals surface area contributed by atoms with Gasteiger partial charge in [-0.2, -0.15) is 0 Å². The van der Waals surface area contributed by atoms with Crippen molar-refractivity contribution >= 4 is 10.0 Å². The number of benzene rings is 1. The van der Waals surface area contributed by atoms with E-state index in [2.05, 4.69) is 11.6 Å². The second-order valence-electron chi connectivity index (χ2n) is 5.25. The smallest absolute Gasteiger partial charge is 0.240 e. The minimum atomic E-state index is -3.51. The second-order valence-corrected chi connectivity index (χ2v) is 6.97. The van der Waals surface area contributed by atoms with Crippen LogP contribution in [-0.2, 0) is 10.0 Å². The van der Waals surface area contributed by atoms with Crippen molar-refractivity contribution in [3.05, 3.63) is 18.2 Å². The number of methoxy groups -OCH3 is 2. The second kappa shape index (κ2) is 6.01. The van der Waals surface area contributed by atoms with Crippen LogP contribution in [0.15, 0.2) is 23.1 Å². The van der Waals surface area contributed by atoms with Crippen molar-refractivity contribution in [3.8, 4) is 11.5 Å². The predicted molar refractivity (Wildman–Crippen MR) is 76.7 cm³/mol. The summed E-state index contributed by atoms with van der Waals surface area (Å²) in [6.45, 7) is 2.14. The Balaban J connectivity index is 2.21. The molecule has 0 radical (unpaired) electrons. The lowest BCUT2D eigenvalue weighted by molar-refractivity contribution is 0.354. The highest BCUT2D eigenvalue weighted by Gasteiger charge is 2.27. The molecule has 0 saturated heterocycles. The Morgan fingerprint density at radius 3 is 2.40 bits per heavy atom. The molecular formula is C14H21NO4S. The third-order valence-corrected chi connectivity index (χ3v) is 5.20. The van der Waals surface area contributed by atoms with E-state index in [9.17, 15) is 8.42 Å². The van der Waals surface area contributed by atoms with Gasteiger partial charge in [0.15, 0.2) is 11.5 Å². The first-order valence-electron chi connectivity index (χ1n) is 6.70. The van der Waals surface area contributed by atoms with E-state index >= 15 is 0 Å². The van der Waals surface area contributed by atoms with E-state index in [0.29, 0.717) is 17.4 Å². The molecule has 1 N–H and O–H groups in total. The van der Waals surface area contributed by atoms with Crippen molar-refractivity contribution in [2.75, 3.05) is 14.2 Å². The van der Waals surface area contributed by atoms with Gasteiger partial charge in [0.05, 0.1) is 19.1 Å². The lowest BCUT2D eigenvalue weighted by Crippen LogP contribution is -2.32. The van der Waals surface area contributed by atoms with Crippen molar-refractivity contribution in [3.63, 3.8) is 0 Å². The van der Waals surface area contributed by atoms with E-state index in [1.165, 1.54) is 26.4 Å². The number of hydrogen-bond acceptors (Lipinski definition) is 4. The number of sulfonamides is 1. The Morgan fingerprint density at radius 1 is 1.15 bits per heavy atom. The third-order valence-electron chi connectivity index (χ3n) is 3.68. The lowest BCUT2D eigenvalue weighted by atomic mass is 10.1. The maximum absolute atomic E-state index is 12.4. The van der Waals surface area contributed by atoms with Crippen LogP contribution in [0.1, 0.15) is 26.2 Å². The Morgan fingerprint density at radius 2 is 1.85 bits per heavy atom. The van der Waals surface area contributed by atoms with Gasteiger partial charge in [0.1, 0.15) is 0 Å². The number of nitrogens with one attached hydrogen (secondary N) is 1. The SMILES string of the molecule is COc1ccc(S(=O)(=O)NC2CCC(C)C2)cc1OC. The molecule has 2 unspecified atom stereocenters. The predicted octanol–water partition coefficient (Wildman–Crippen LogP) is 2.17. The van der Waals surface area contributed by atoms with Gasteiger partial charge >= 0.3 is 0 Å². The van der Waals surface area contributed by atoms with Gasteiger partial charge in [-0.25, -0.2) is 13.1 Å². The van der Waals surface area contributed by atoms with Crippen molar-refractivity contribution in [1.29, 1.82) is 0 Å². The molecule has 0 aliphatic heterocycles. The topological polar surface area (TPSA) is 64.6 Å². The fourth-order valence-corrected chi connectivity index (χ4v) is 3.88. The maximum atomic E-state index is 12.4. The van der Waals surface area contributed by atoms with Crippen LogP contribution >= 0.6 is 0 Å². The molecule has 6 heteroatoms. The largest absolute Gasteiger partial charge is 0.493 e. The zero-order chi connectivity index (χ0) is 14.8. The summed E-state index contributed by atoms with van der Waals surface area (Å²) in [7, 11) is -0.506. The summed E-state index contributed by atoms with van der Waals surface area (Å²) in [4.78, 5) is 0.203. The average Bonchev–Trinajstić information content (AvgIpc) is 2.82. The minimum Gasteiger partial charge on any atom is -0.493 e. The van der Waals surface area contributed by atoms with Gasteiger partial charge in [0.25, 0.3) is 0 Å². The number of ether oxygens (including phenoxy) is 2. The first kappa shape index (κ1) is 15.1. The van der Waals surface area contributed by atoms with Gasteiger partial charge in [0.2, 0.25) is 10.0 Å². The van der Waals surface area contributed by atoms with Crippen LogP contribution in [0.5, 0.6) is 11.5 Å².